The third-order valence-electron chi connectivity index (χ3n) is 13.7. The van der Waals surface area contributed by atoms with E-state index in [1.165, 1.54) is 103 Å². The van der Waals surface area contributed by atoms with Crippen molar-refractivity contribution in [2.75, 3.05) is 0 Å². The van der Waals surface area contributed by atoms with E-state index in [1.54, 1.807) is 17.7 Å². The zero-order valence-electron chi connectivity index (χ0n) is 32.6. The monoisotopic (exact) mass is 671 g/mol. The Morgan fingerprint density at radius 1 is 0.796 bits per heavy atom. The highest BCUT2D eigenvalue weighted by atomic mass is 16.5. The Kier molecular flexibility index (Phi) is 16.3. The van der Waals surface area contributed by atoms with Gasteiger partial charge in [0.1, 0.15) is 6.10 Å². The Morgan fingerprint density at radius 3 is 2.22 bits per heavy atom. The summed E-state index contributed by atoms with van der Waals surface area (Å²) < 4.78 is 5.99. The number of hydrogen-bond acceptors (Lipinski definition) is 2. The van der Waals surface area contributed by atoms with Crippen LogP contribution in [0.2, 0.25) is 0 Å². The Bertz CT molecular complexity index is 1180. The molecule has 4 aliphatic rings. The average Bonchev–Trinajstić information content (AvgIpc) is 3.43. The molecule has 0 aromatic heterocycles. The predicted octanol–water partition coefficient (Wildman–Crippen LogP) is 13.9. The summed E-state index contributed by atoms with van der Waals surface area (Å²) in [7, 11) is 0. The maximum atomic E-state index is 12.7. The first-order chi connectivity index (χ1) is 23.7. The van der Waals surface area contributed by atoms with Crippen molar-refractivity contribution in [3.05, 3.63) is 72.4 Å². The molecule has 0 aliphatic heterocycles. The number of unbranched alkanes of at least 4 members (excludes halogenated alkanes) is 7. The standard InChI is InChI=1S/C47H74O2/c1-7-8-9-10-11-12-13-14-15-16-17-18-19-20-21-22-23-27-45(48)49-40-32-34-46(5)39(36-40)28-29-41-43-31-30-42(38(4)26-24-25-37(2)3)47(43,6)35-33-44(41)46/h15-23,27-28,37-38,40-44H,7-14,24-26,29-36H2,1-6H3/b16-15+,18-17+,20-19+,22-21+,27-23+/t38-,40+,41+,42-,43+,44+,46+,47-/m1/s1. The maximum absolute atomic E-state index is 12.7. The predicted molar refractivity (Wildman–Crippen MR) is 211 cm³/mol. The molecule has 49 heavy (non-hydrogen) atoms. The Morgan fingerprint density at radius 2 is 1.49 bits per heavy atom. The van der Waals surface area contributed by atoms with Crippen molar-refractivity contribution >= 4 is 5.97 Å². The third kappa shape index (κ3) is 11.2. The molecule has 8 atom stereocenters. The number of hydrogen-bond donors (Lipinski definition) is 0. The first-order valence-electron chi connectivity index (χ1n) is 20.9. The highest BCUT2D eigenvalue weighted by Gasteiger charge is 2.59. The number of carbonyl (C=O) groups excluding carboxylic acids is 1. The summed E-state index contributed by atoms with van der Waals surface area (Å²) >= 11 is 0. The zero-order valence-corrected chi connectivity index (χ0v) is 32.6. The van der Waals surface area contributed by atoms with E-state index in [9.17, 15) is 4.79 Å². The number of esters is 1. The highest BCUT2D eigenvalue weighted by molar-refractivity contribution is 5.82. The summed E-state index contributed by atoms with van der Waals surface area (Å²) in [4.78, 5) is 12.7. The molecule has 4 aliphatic carbocycles. The molecule has 0 aromatic carbocycles. The van der Waals surface area contributed by atoms with E-state index in [0.29, 0.717) is 5.41 Å². The van der Waals surface area contributed by atoms with Crippen LogP contribution in [-0.2, 0) is 9.53 Å². The molecule has 0 N–H and O–H groups in total. The summed E-state index contributed by atoms with van der Waals surface area (Å²) in [5, 5.41) is 0. The van der Waals surface area contributed by atoms with Gasteiger partial charge in [0, 0.05) is 12.5 Å². The van der Waals surface area contributed by atoms with Gasteiger partial charge in [0.15, 0.2) is 0 Å². The lowest BCUT2D eigenvalue weighted by Gasteiger charge is -2.58. The molecule has 0 bridgehead atoms. The van der Waals surface area contributed by atoms with Gasteiger partial charge in [-0.25, -0.2) is 4.79 Å². The van der Waals surface area contributed by atoms with Crippen molar-refractivity contribution < 1.29 is 9.53 Å². The van der Waals surface area contributed by atoms with Crippen LogP contribution in [0, 0.1) is 46.3 Å². The van der Waals surface area contributed by atoms with Crippen LogP contribution in [0.1, 0.15) is 164 Å². The molecule has 3 fully saturated rings. The lowest BCUT2D eigenvalue weighted by molar-refractivity contribution is -0.145. The van der Waals surface area contributed by atoms with Crippen LogP contribution in [0.5, 0.6) is 0 Å². The van der Waals surface area contributed by atoms with Crippen LogP contribution in [0.25, 0.3) is 0 Å². The van der Waals surface area contributed by atoms with E-state index in [4.69, 9.17) is 4.74 Å². The van der Waals surface area contributed by atoms with Crippen LogP contribution in [0.3, 0.4) is 0 Å². The van der Waals surface area contributed by atoms with E-state index >= 15 is 0 Å². The van der Waals surface area contributed by atoms with Gasteiger partial charge in [-0.1, -0.05) is 166 Å². The van der Waals surface area contributed by atoms with E-state index in [0.717, 1.165) is 54.8 Å². The molecule has 0 heterocycles. The smallest absolute Gasteiger partial charge is 0.331 e. The molecule has 0 spiro atoms. The second-order valence-corrected chi connectivity index (χ2v) is 17.4. The van der Waals surface area contributed by atoms with Gasteiger partial charge in [0.25, 0.3) is 0 Å². The van der Waals surface area contributed by atoms with Crippen molar-refractivity contribution in [3.63, 3.8) is 0 Å². The summed E-state index contributed by atoms with van der Waals surface area (Å²) in [5.41, 5.74) is 2.41. The Labute approximate surface area is 303 Å². The molecule has 274 valence electrons. The largest absolute Gasteiger partial charge is 0.459 e. The molecular weight excluding hydrogens is 597 g/mol. The molecule has 4 rings (SSSR count). The number of rotatable bonds is 19. The number of fused-ring (bicyclic) bond motifs is 5. The van der Waals surface area contributed by atoms with Crippen LogP contribution in [-0.4, -0.2) is 12.1 Å². The van der Waals surface area contributed by atoms with Gasteiger partial charge in [-0.3, -0.25) is 0 Å². The van der Waals surface area contributed by atoms with Gasteiger partial charge < -0.3 is 4.74 Å². The van der Waals surface area contributed by atoms with Crippen molar-refractivity contribution in [2.24, 2.45) is 46.3 Å². The Hall–Kier alpha value is -2.09. The first kappa shape index (κ1) is 39.7. The van der Waals surface area contributed by atoms with Crippen molar-refractivity contribution in [1.29, 1.82) is 0 Å². The molecule has 0 radical (unpaired) electrons. The topological polar surface area (TPSA) is 26.3 Å². The molecule has 3 saturated carbocycles. The van der Waals surface area contributed by atoms with E-state index < -0.39 is 0 Å². The quantitative estimate of drug-likeness (QED) is 0.0449. The number of carbonyl (C=O) groups is 1. The second kappa shape index (κ2) is 20.1. The van der Waals surface area contributed by atoms with Gasteiger partial charge >= 0.3 is 5.97 Å². The summed E-state index contributed by atoms with van der Waals surface area (Å²) in [6, 6.07) is 0. The highest BCUT2D eigenvalue weighted by Crippen LogP contribution is 2.67. The minimum atomic E-state index is -0.213. The van der Waals surface area contributed by atoms with Gasteiger partial charge in [-0.2, -0.15) is 0 Å². The van der Waals surface area contributed by atoms with E-state index in [2.05, 4.69) is 71.9 Å². The summed E-state index contributed by atoms with van der Waals surface area (Å²) in [5.74, 6) is 4.92. The number of allylic oxidation sites excluding steroid dienone is 10. The molecule has 0 saturated heterocycles. The van der Waals surface area contributed by atoms with Crippen LogP contribution >= 0.6 is 0 Å². The van der Waals surface area contributed by atoms with Crippen LogP contribution in [0.4, 0.5) is 0 Å². The molecule has 2 heteroatoms. The fourth-order valence-electron chi connectivity index (χ4n) is 10.9. The average molecular weight is 671 g/mol. The Balaban J connectivity index is 1.17. The zero-order chi connectivity index (χ0) is 35.1. The van der Waals surface area contributed by atoms with E-state index in [-0.39, 0.29) is 17.5 Å². The fourth-order valence-corrected chi connectivity index (χ4v) is 10.9. The van der Waals surface area contributed by atoms with Gasteiger partial charge in [0.2, 0.25) is 0 Å². The SMILES string of the molecule is CCCCCCCCC/C=C/C=C/C=C/C=C/C=C/C(=O)O[C@H]1CC[C@@]2(C)C(=CC[C@H]3[C@@H]4CC[C@H]([C@H](C)CCCC(C)C)[C@@]4(C)CC[C@@H]32)C1. The normalized spacial score (nSPS) is 32.4. The minimum absolute atomic E-state index is 0.0114. The summed E-state index contributed by atoms with van der Waals surface area (Å²) in [6.45, 7) is 14.8. The second-order valence-electron chi connectivity index (χ2n) is 17.4. The van der Waals surface area contributed by atoms with Crippen LogP contribution in [0.15, 0.2) is 72.4 Å². The number of ether oxygens (including phenoxy) is 1. The first-order valence-corrected chi connectivity index (χ1v) is 20.9. The van der Waals surface area contributed by atoms with Gasteiger partial charge in [0.05, 0.1) is 0 Å². The molecule has 0 unspecified atom stereocenters. The third-order valence-corrected chi connectivity index (χ3v) is 13.7. The van der Waals surface area contributed by atoms with Gasteiger partial charge in [-0.15, -0.1) is 0 Å². The van der Waals surface area contributed by atoms with Crippen molar-refractivity contribution in [3.8, 4) is 0 Å². The van der Waals surface area contributed by atoms with Crippen molar-refractivity contribution in [1.82, 2.24) is 0 Å². The summed E-state index contributed by atoms with van der Waals surface area (Å²) in [6.07, 6.45) is 47.3. The molecule has 0 aromatic rings. The minimum Gasteiger partial charge on any atom is -0.459 e. The lowest BCUT2D eigenvalue weighted by Crippen LogP contribution is -2.51. The van der Waals surface area contributed by atoms with Crippen LogP contribution < -0.4 is 0 Å². The molecular formula is C47H74O2. The fraction of sp³-hybridized carbons (Fsp3) is 0.723. The van der Waals surface area contributed by atoms with E-state index in [1.807, 2.05) is 24.3 Å². The molecule has 0 amide bonds. The lowest BCUT2D eigenvalue weighted by atomic mass is 9.47. The molecule has 2 nitrogen and oxygen atoms in total. The van der Waals surface area contributed by atoms with Crippen molar-refractivity contribution in [2.45, 2.75) is 170 Å². The van der Waals surface area contributed by atoms with Gasteiger partial charge in [-0.05, 0) is 104 Å². The maximum Gasteiger partial charge on any atom is 0.331 e.